The molecule has 0 bridgehead atoms. The first-order valence-electron chi connectivity index (χ1n) is 10.3. The number of rotatable bonds is 9. The highest BCUT2D eigenvalue weighted by Gasteiger charge is 2.13. The molecule has 0 aliphatic carbocycles. The number of benzene rings is 2. The first kappa shape index (κ1) is 19.3. The van der Waals surface area contributed by atoms with Crippen LogP contribution in [0.25, 0.3) is 11.0 Å². The number of imidazole rings is 1. The lowest BCUT2D eigenvalue weighted by Gasteiger charge is -2.14. The molecule has 0 saturated carbocycles. The van der Waals surface area contributed by atoms with Crippen molar-refractivity contribution < 1.29 is 4.74 Å². The Morgan fingerprint density at radius 1 is 0.929 bits per heavy atom. The predicted octanol–water partition coefficient (Wildman–Crippen LogP) is 5.19. The Kier molecular flexibility index (Phi) is 6.50. The molecule has 1 saturated heterocycles. The van der Waals surface area contributed by atoms with Gasteiger partial charge in [0.05, 0.1) is 17.6 Å². The smallest absolute Gasteiger partial charge is 0.119 e. The number of ether oxygens (including phenoxy) is 1. The summed E-state index contributed by atoms with van der Waals surface area (Å²) in [6, 6.07) is 16.0. The van der Waals surface area contributed by atoms with E-state index in [1.807, 2.05) is 24.3 Å². The van der Waals surface area contributed by atoms with E-state index in [2.05, 4.69) is 33.7 Å². The van der Waals surface area contributed by atoms with Gasteiger partial charge in [0.2, 0.25) is 0 Å². The maximum absolute atomic E-state index is 5.93. The van der Waals surface area contributed by atoms with Crippen LogP contribution in [0.2, 0.25) is 5.02 Å². The van der Waals surface area contributed by atoms with Crippen LogP contribution in [0.5, 0.6) is 5.75 Å². The lowest BCUT2D eigenvalue weighted by Crippen LogP contribution is -2.21. The summed E-state index contributed by atoms with van der Waals surface area (Å²) in [7, 11) is 0. The second kappa shape index (κ2) is 9.44. The van der Waals surface area contributed by atoms with Gasteiger partial charge in [-0.3, -0.25) is 0 Å². The molecule has 1 aromatic heterocycles. The Labute approximate surface area is 172 Å². The lowest BCUT2D eigenvalue weighted by atomic mass is 10.2. The SMILES string of the molecule is Clc1ccc(OCCCn2c(CCCN3CCCC3)nc3ccccc32)cc1. The molecule has 0 N–H and O–H groups in total. The van der Waals surface area contributed by atoms with E-state index in [0.717, 1.165) is 35.7 Å². The van der Waals surface area contributed by atoms with Crippen LogP contribution in [0.15, 0.2) is 48.5 Å². The lowest BCUT2D eigenvalue weighted by molar-refractivity contribution is 0.301. The molecule has 2 aromatic carbocycles. The van der Waals surface area contributed by atoms with Gasteiger partial charge >= 0.3 is 0 Å². The van der Waals surface area contributed by atoms with Crippen LogP contribution >= 0.6 is 11.6 Å². The van der Waals surface area contributed by atoms with Crippen molar-refractivity contribution in [2.24, 2.45) is 0 Å². The number of fused-ring (bicyclic) bond motifs is 1. The van der Waals surface area contributed by atoms with Crippen LogP contribution in [-0.4, -0.2) is 40.7 Å². The van der Waals surface area contributed by atoms with Gasteiger partial charge in [0.1, 0.15) is 11.6 Å². The number of para-hydroxylation sites is 2. The normalized spacial score (nSPS) is 14.8. The second-order valence-electron chi connectivity index (χ2n) is 7.48. The van der Waals surface area contributed by atoms with Gasteiger partial charge in [-0.2, -0.15) is 0 Å². The fourth-order valence-corrected chi connectivity index (χ4v) is 4.10. The largest absolute Gasteiger partial charge is 0.494 e. The van der Waals surface area contributed by atoms with Crippen LogP contribution in [-0.2, 0) is 13.0 Å². The minimum absolute atomic E-state index is 0.682. The fourth-order valence-electron chi connectivity index (χ4n) is 3.98. The predicted molar refractivity (Wildman–Crippen MR) is 115 cm³/mol. The quantitative estimate of drug-likeness (QED) is 0.465. The summed E-state index contributed by atoms with van der Waals surface area (Å²) in [4.78, 5) is 7.49. The molecule has 1 aliphatic rings. The second-order valence-corrected chi connectivity index (χ2v) is 7.91. The summed E-state index contributed by atoms with van der Waals surface area (Å²) >= 11 is 5.93. The van der Waals surface area contributed by atoms with Gasteiger partial charge in [0.25, 0.3) is 0 Å². The van der Waals surface area contributed by atoms with Crippen molar-refractivity contribution in [3.63, 3.8) is 0 Å². The zero-order valence-corrected chi connectivity index (χ0v) is 17.1. The molecule has 3 aromatic rings. The molecule has 4 rings (SSSR count). The van der Waals surface area contributed by atoms with E-state index >= 15 is 0 Å². The van der Waals surface area contributed by atoms with Gasteiger partial charge in [-0.1, -0.05) is 23.7 Å². The van der Waals surface area contributed by atoms with Gasteiger partial charge in [-0.15, -0.1) is 0 Å². The molecule has 148 valence electrons. The van der Waals surface area contributed by atoms with E-state index in [0.29, 0.717) is 6.61 Å². The van der Waals surface area contributed by atoms with Crippen LogP contribution in [0.3, 0.4) is 0 Å². The highest BCUT2D eigenvalue weighted by atomic mass is 35.5. The zero-order chi connectivity index (χ0) is 19.2. The molecule has 1 fully saturated rings. The molecule has 0 radical (unpaired) electrons. The first-order valence-corrected chi connectivity index (χ1v) is 10.7. The molecule has 2 heterocycles. The van der Waals surface area contributed by atoms with Gasteiger partial charge in [-0.25, -0.2) is 4.98 Å². The number of hydrogen-bond acceptors (Lipinski definition) is 3. The third-order valence-electron chi connectivity index (χ3n) is 5.42. The molecule has 0 amide bonds. The molecule has 5 heteroatoms. The molecular formula is C23H28ClN3O. The van der Waals surface area contributed by atoms with E-state index in [4.69, 9.17) is 21.3 Å². The highest BCUT2D eigenvalue weighted by Crippen LogP contribution is 2.19. The summed E-state index contributed by atoms with van der Waals surface area (Å²) in [5, 5.41) is 0.732. The molecule has 28 heavy (non-hydrogen) atoms. The molecule has 1 aliphatic heterocycles. The minimum Gasteiger partial charge on any atom is -0.494 e. The van der Waals surface area contributed by atoms with Gasteiger partial charge in [0, 0.05) is 18.0 Å². The Hall–Kier alpha value is -2.04. The van der Waals surface area contributed by atoms with Crippen LogP contribution < -0.4 is 4.74 Å². The Bertz CT molecular complexity index is 885. The average Bonchev–Trinajstić information content (AvgIpc) is 3.35. The monoisotopic (exact) mass is 397 g/mol. The first-order chi connectivity index (χ1) is 13.8. The maximum atomic E-state index is 5.93. The molecule has 0 spiro atoms. The van der Waals surface area contributed by atoms with Crippen molar-refractivity contribution in [2.75, 3.05) is 26.2 Å². The van der Waals surface area contributed by atoms with E-state index in [1.165, 1.54) is 50.2 Å². The van der Waals surface area contributed by atoms with Crippen molar-refractivity contribution in [1.29, 1.82) is 0 Å². The van der Waals surface area contributed by atoms with E-state index in [1.54, 1.807) is 0 Å². The van der Waals surface area contributed by atoms with Gasteiger partial charge in [0.15, 0.2) is 0 Å². The zero-order valence-electron chi connectivity index (χ0n) is 16.3. The Morgan fingerprint density at radius 2 is 1.71 bits per heavy atom. The molecule has 4 nitrogen and oxygen atoms in total. The van der Waals surface area contributed by atoms with E-state index < -0.39 is 0 Å². The third-order valence-corrected chi connectivity index (χ3v) is 5.67. The van der Waals surface area contributed by atoms with Crippen LogP contribution in [0.4, 0.5) is 0 Å². The summed E-state index contributed by atoms with van der Waals surface area (Å²) < 4.78 is 8.24. The minimum atomic E-state index is 0.682. The topological polar surface area (TPSA) is 30.3 Å². The van der Waals surface area contributed by atoms with Crippen molar-refractivity contribution in [3.8, 4) is 5.75 Å². The van der Waals surface area contributed by atoms with Gasteiger partial charge < -0.3 is 14.2 Å². The number of likely N-dealkylation sites (tertiary alicyclic amines) is 1. The summed E-state index contributed by atoms with van der Waals surface area (Å²) in [5.41, 5.74) is 2.32. The average molecular weight is 398 g/mol. The van der Waals surface area contributed by atoms with Crippen molar-refractivity contribution >= 4 is 22.6 Å². The summed E-state index contributed by atoms with van der Waals surface area (Å²) in [5.74, 6) is 2.07. The van der Waals surface area contributed by atoms with Crippen molar-refractivity contribution in [2.45, 2.75) is 38.6 Å². The number of halogens is 1. The van der Waals surface area contributed by atoms with Crippen LogP contribution in [0.1, 0.15) is 31.5 Å². The third kappa shape index (κ3) is 4.86. The summed E-state index contributed by atoms with van der Waals surface area (Å²) in [6.07, 6.45) is 5.86. The number of hydrogen-bond donors (Lipinski definition) is 0. The maximum Gasteiger partial charge on any atom is 0.119 e. The molecular weight excluding hydrogens is 370 g/mol. The van der Waals surface area contributed by atoms with Gasteiger partial charge in [-0.05, 0) is 81.7 Å². The van der Waals surface area contributed by atoms with Crippen molar-refractivity contribution in [3.05, 3.63) is 59.4 Å². The van der Waals surface area contributed by atoms with Crippen molar-refractivity contribution in [1.82, 2.24) is 14.5 Å². The van der Waals surface area contributed by atoms with E-state index in [9.17, 15) is 0 Å². The highest BCUT2D eigenvalue weighted by molar-refractivity contribution is 6.30. The number of nitrogens with zero attached hydrogens (tertiary/aromatic N) is 3. The number of aromatic nitrogens is 2. The fraction of sp³-hybridized carbons (Fsp3) is 0.435. The van der Waals surface area contributed by atoms with Crippen LogP contribution in [0, 0.1) is 0 Å². The number of aryl methyl sites for hydroxylation is 2. The Morgan fingerprint density at radius 3 is 2.54 bits per heavy atom. The standard InChI is InChI=1S/C23H28ClN3O/c24-19-10-12-20(13-11-19)28-18-6-17-27-22-8-2-1-7-21(22)25-23(27)9-5-16-26-14-3-4-15-26/h1-2,7-8,10-13H,3-6,9,14-18H2. The van der Waals surface area contributed by atoms with E-state index in [-0.39, 0.29) is 0 Å². The Balaban J connectivity index is 1.36. The molecule has 0 unspecified atom stereocenters. The molecule has 0 atom stereocenters. The summed E-state index contributed by atoms with van der Waals surface area (Å²) in [6.45, 7) is 5.31.